The minimum Gasteiger partial charge on any atom is -0.493 e. The molecule has 3 aliphatic rings. The Morgan fingerprint density at radius 3 is 2.46 bits per heavy atom. The molecule has 14 nitrogen and oxygen atoms in total. The zero-order chi connectivity index (χ0) is 36.1. The predicted molar refractivity (Wildman–Crippen MR) is 177 cm³/mol. The predicted octanol–water partition coefficient (Wildman–Crippen LogP) is 4.26. The number of rotatable bonds is 14. The van der Waals surface area contributed by atoms with E-state index in [4.69, 9.17) is 37.9 Å². The van der Waals surface area contributed by atoms with Gasteiger partial charge in [0.2, 0.25) is 6.79 Å². The van der Waals surface area contributed by atoms with Crippen LogP contribution in [0, 0.1) is 25.2 Å². The van der Waals surface area contributed by atoms with Gasteiger partial charge in [0, 0.05) is 30.7 Å². The Bertz CT molecular complexity index is 1700. The number of hydrogen-bond acceptors (Lipinski definition) is 13. The summed E-state index contributed by atoms with van der Waals surface area (Å²) in [5.41, 5.74) is 3.14. The van der Waals surface area contributed by atoms with E-state index in [0.717, 1.165) is 11.1 Å². The summed E-state index contributed by atoms with van der Waals surface area (Å²) in [6, 6.07) is 0.806. The molecule has 1 fully saturated rings. The number of nitrogens with zero attached hydrogens (tertiary/aromatic N) is 3. The van der Waals surface area contributed by atoms with E-state index in [-0.39, 0.29) is 39.8 Å². The van der Waals surface area contributed by atoms with Crippen molar-refractivity contribution in [2.75, 3.05) is 47.6 Å². The fourth-order valence-corrected chi connectivity index (χ4v) is 7.10. The lowest BCUT2D eigenvalue weighted by Crippen LogP contribution is -2.69. The second-order valence-corrected chi connectivity index (χ2v) is 11.9. The minimum absolute atomic E-state index is 0.0759. The molecule has 5 atom stereocenters. The Morgan fingerprint density at radius 2 is 1.82 bits per heavy atom. The quantitative estimate of drug-likeness (QED) is 0.120. The highest BCUT2D eigenvalue weighted by molar-refractivity contribution is 5.75. The third kappa shape index (κ3) is 6.41. The molecule has 50 heavy (non-hydrogen) atoms. The minimum atomic E-state index is -1.21. The molecule has 0 radical (unpaired) electrons. The second-order valence-electron chi connectivity index (χ2n) is 11.9. The maximum absolute atomic E-state index is 13.9. The molecule has 0 aliphatic carbocycles. The number of carbonyl (C=O) groups is 3. The smallest absolute Gasteiger partial charge is 0.411 e. The largest absolute Gasteiger partial charge is 0.493 e. The lowest BCUT2D eigenvalue weighted by Gasteiger charge is -2.56. The maximum Gasteiger partial charge on any atom is 0.411 e. The van der Waals surface area contributed by atoms with Crippen LogP contribution in [0.15, 0.2) is 37.4 Å². The zero-order valence-electron chi connectivity index (χ0n) is 28.8. The van der Waals surface area contributed by atoms with E-state index >= 15 is 0 Å². The Hall–Kier alpha value is -5.26. The average Bonchev–Trinajstić information content (AvgIpc) is 3.60. The van der Waals surface area contributed by atoms with Crippen LogP contribution in [0.25, 0.3) is 0 Å². The topological polar surface area (TPSA) is 155 Å². The van der Waals surface area contributed by atoms with Crippen LogP contribution in [0.3, 0.4) is 0 Å². The number of piperazine rings is 1. The van der Waals surface area contributed by atoms with Crippen LogP contribution in [0.1, 0.15) is 46.8 Å². The van der Waals surface area contributed by atoms with Gasteiger partial charge in [-0.15, -0.1) is 0 Å². The summed E-state index contributed by atoms with van der Waals surface area (Å²) in [5, 5.41) is 10.9. The van der Waals surface area contributed by atoms with Crippen molar-refractivity contribution in [3.05, 3.63) is 65.3 Å². The van der Waals surface area contributed by atoms with E-state index in [1.807, 2.05) is 13.0 Å². The van der Waals surface area contributed by atoms with Gasteiger partial charge in [-0.1, -0.05) is 31.4 Å². The van der Waals surface area contributed by atoms with Crippen molar-refractivity contribution in [1.29, 1.82) is 5.26 Å². The number of nitriles is 1. The highest BCUT2D eigenvalue weighted by Crippen LogP contribution is 2.54. The Labute approximate surface area is 290 Å². The molecule has 0 spiro atoms. The van der Waals surface area contributed by atoms with E-state index < -0.39 is 42.3 Å². The van der Waals surface area contributed by atoms with Crippen LogP contribution in [0.4, 0.5) is 4.79 Å². The molecule has 0 aromatic heterocycles. The van der Waals surface area contributed by atoms with Crippen LogP contribution in [-0.2, 0) is 30.2 Å². The third-order valence-corrected chi connectivity index (χ3v) is 9.01. The molecular formula is C36H41N3O11. The van der Waals surface area contributed by atoms with E-state index in [9.17, 15) is 19.6 Å². The summed E-state index contributed by atoms with van der Waals surface area (Å²) in [6.45, 7) is 11.9. The molecule has 1 saturated heterocycles. The van der Waals surface area contributed by atoms with Crippen LogP contribution in [0.2, 0.25) is 0 Å². The van der Waals surface area contributed by atoms with Crippen LogP contribution < -0.4 is 23.7 Å². The molecule has 0 unspecified atom stereocenters. The zero-order valence-corrected chi connectivity index (χ0v) is 28.8. The van der Waals surface area contributed by atoms with Gasteiger partial charge >= 0.3 is 12.1 Å². The lowest BCUT2D eigenvalue weighted by atomic mass is 9.76. The first kappa shape index (κ1) is 36.0. The number of aldehydes is 1. The Balaban J connectivity index is 1.79. The number of methoxy groups -OCH3 is 2. The monoisotopic (exact) mass is 691 g/mol. The normalized spacial score (nSPS) is 20.8. The number of aryl methyl sites for hydroxylation is 1. The summed E-state index contributed by atoms with van der Waals surface area (Å²) in [5.74, 6) is 1.30. The molecule has 2 bridgehead atoms. The van der Waals surface area contributed by atoms with E-state index in [0.29, 0.717) is 51.7 Å². The average molecular weight is 692 g/mol. The summed E-state index contributed by atoms with van der Waals surface area (Å²) in [4.78, 5) is 43.0. The first-order valence-electron chi connectivity index (χ1n) is 16.0. The SMILES string of the molecule is C=CCOC(=O)N1[C@@H]2c3c(cc(C)c(OC)c3OCC=C)C[C@H]1[C@H](C#N)N([C@@H](COC(C)=O)c1cc(OCOC)c(C)c3c1OCO3)[C@H]2C=O. The van der Waals surface area contributed by atoms with E-state index in [2.05, 4.69) is 19.2 Å². The molecule has 0 N–H and O–H groups in total. The van der Waals surface area contributed by atoms with Crippen LogP contribution in [-0.4, -0.2) is 93.9 Å². The summed E-state index contributed by atoms with van der Waals surface area (Å²) in [7, 11) is 2.99. The van der Waals surface area contributed by atoms with Crippen molar-refractivity contribution in [1.82, 2.24) is 9.80 Å². The molecule has 3 heterocycles. The number of amides is 1. The molecule has 0 saturated carbocycles. The molecular weight excluding hydrogens is 650 g/mol. The van der Waals surface area contributed by atoms with Crippen molar-refractivity contribution in [2.24, 2.45) is 0 Å². The first-order chi connectivity index (χ1) is 24.2. The van der Waals surface area contributed by atoms with Gasteiger partial charge in [-0.25, -0.2) is 4.79 Å². The first-order valence-corrected chi connectivity index (χ1v) is 16.0. The number of benzene rings is 2. The van der Waals surface area contributed by atoms with Gasteiger partial charge in [0.05, 0.1) is 37.3 Å². The van der Waals surface area contributed by atoms with Crippen LogP contribution in [0.5, 0.6) is 28.7 Å². The van der Waals surface area contributed by atoms with E-state index in [1.54, 1.807) is 24.0 Å². The highest BCUT2D eigenvalue weighted by Gasteiger charge is 2.57. The van der Waals surface area contributed by atoms with Gasteiger partial charge in [0.15, 0.2) is 29.8 Å². The van der Waals surface area contributed by atoms with Crippen molar-refractivity contribution >= 4 is 18.3 Å². The van der Waals surface area contributed by atoms with Gasteiger partial charge in [0.25, 0.3) is 0 Å². The number of hydrogen-bond donors (Lipinski definition) is 0. The number of esters is 1. The fraction of sp³-hybridized carbons (Fsp3) is 0.444. The molecule has 14 heteroatoms. The summed E-state index contributed by atoms with van der Waals surface area (Å²) in [6.07, 6.45) is 3.13. The highest BCUT2D eigenvalue weighted by atomic mass is 16.7. The van der Waals surface area contributed by atoms with E-state index in [1.165, 1.54) is 32.1 Å². The summed E-state index contributed by atoms with van der Waals surface area (Å²) < 4.78 is 46.0. The van der Waals surface area contributed by atoms with Crippen LogP contribution >= 0.6 is 0 Å². The molecule has 2 aromatic rings. The molecule has 1 amide bonds. The molecule has 266 valence electrons. The standard InChI is InChI=1S/C36H41N3O11/c1-8-10-45-35-30-23(12-20(3)32(35)44-7)13-25-26(15-37)38(27(16-40)31(30)39(25)36(42)46-11-9-2)28(17-47-22(5)41)24-14-29(48-18-43-6)21(4)33-34(24)50-19-49-33/h8-9,12,14,16,25-28,31H,1-2,10-11,13,17-19H2,3-7H3/t25-,26-,27-,28-,31-/m0/s1. The molecule has 3 aliphatic heterocycles. The Kier molecular flexibility index (Phi) is 11.2. The fourth-order valence-electron chi connectivity index (χ4n) is 7.10. The summed E-state index contributed by atoms with van der Waals surface area (Å²) >= 11 is 0. The van der Waals surface area contributed by atoms with Crippen molar-refractivity contribution in [3.63, 3.8) is 0 Å². The van der Waals surface area contributed by atoms with Gasteiger partial charge < -0.3 is 42.7 Å². The number of ether oxygens (including phenoxy) is 8. The Morgan fingerprint density at radius 1 is 1.08 bits per heavy atom. The molecule has 5 rings (SSSR count). The third-order valence-electron chi connectivity index (χ3n) is 9.01. The second kappa shape index (κ2) is 15.5. The number of carbonyl (C=O) groups excluding carboxylic acids is 3. The van der Waals surface area contributed by atoms with Gasteiger partial charge in [0.1, 0.15) is 37.9 Å². The van der Waals surface area contributed by atoms with Gasteiger partial charge in [-0.2, -0.15) is 5.26 Å². The van der Waals surface area contributed by atoms with Gasteiger partial charge in [-0.3, -0.25) is 14.6 Å². The lowest BCUT2D eigenvalue weighted by molar-refractivity contribution is -0.146. The number of fused-ring (bicyclic) bond motifs is 5. The van der Waals surface area contributed by atoms with Crippen molar-refractivity contribution in [2.45, 2.75) is 57.4 Å². The maximum atomic E-state index is 13.9. The molecule has 2 aromatic carbocycles. The van der Waals surface area contributed by atoms with Crippen molar-refractivity contribution in [3.8, 4) is 34.8 Å². The van der Waals surface area contributed by atoms with Crippen molar-refractivity contribution < 1.29 is 52.3 Å². The van der Waals surface area contributed by atoms with Gasteiger partial charge in [-0.05, 0) is 37.5 Å².